The van der Waals surface area contributed by atoms with Crippen LogP contribution in [-0.2, 0) is 0 Å². The molecule has 0 aliphatic heterocycles. The van der Waals surface area contributed by atoms with Crippen molar-refractivity contribution in [1.82, 2.24) is 0 Å². The van der Waals surface area contributed by atoms with E-state index in [1.165, 1.54) is 5.20 Å². The van der Waals surface area contributed by atoms with E-state index in [4.69, 9.17) is 23.2 Å². The summed E-state index contributed by atoms with van der Waals surface area (Å²) in [5.41, 5.74) is 2.33. The lowest BCUT2D eigenvalue weighted by atomic mass is 10.7. The fourth-order valence-electron chi connectivity index (χ4n) is 1.21. The molecule has 0 spiro atoms. The van der Waals surface area contributed by atoms with Gasteiger partial charge in [-0.1, -0.05) is 50.2 Å². The molecule has 0 rings (SSSR count). The van der Waals surface area contributed by atoms with Crippen molar-refractivity contribution in [2.24, 2.45) is 0 Å². The first-order chi connectivity index (χ1) is 5.84. The molecule has 0 nitrogen and oxygen atoms in total. The molecule has 0 bridgehead atoms. The van der Waals surface area contributed by atoms with Crippen LogP contribution in [0.25, 0.3) is 0 Å². The summed E-state index contributed by atoms with van der Waals surface area (Å²) < 4.78 is -0.884. The van der Waals surface area contributed by atoms with E-state index in [0.717, 1.165) is 0 Å². The quantitative estimate of drug-likeness (QED) is 0.543. The first kappa shape index (κ1) is 15.0. The smallest absolute Gasteiger partial charge is 0.102 e. The van der Waals surface area contributed by atoms with Crippen LogP contribution in [0, 0.1) is 0 Å². The van der Waals surface area contributed by atoms with Crippen molar-refractivity contribution in [2.45, 2.75) is 43.2 Å². The van der Waals surface area contributed by atoms with Gasteiger partial charge < -0.3 is 0 Å². The highest BCUT2D eigenvalue weighted by molar-refractivity contribution is 6.92. The Morgan fingerprint density at radius 2 is 1.43 bits per heavy atom. The van der Waals surface area contributed by atoms with Crippen LogP contribution in [0.15, 0.2) is 10.9 Å². The van der Waals surface area contributed by atoms with Gasteiger partial charge in [-0.3, -0.25) is 0 Å². The summed E-state index contributed by atoms with van der Waals surface area (Å²) in [5.74, 6) is 0. The zero-order chi connectivity index (χ0) is 11.8. The highest BCUT2D eigenvalue weighted by Crippen LogP contribution is 2.34. The van der Waals surface area contributed by atoms with Crippen LogP contribution in [0.3, 0.4) is 0 Å². The van der Waals surface area contributed by atoms with Crippen molar-refractivity contribution in [3.63, 3.8) is 0 Å². The molecule has 0 aliphatic carbocycles. The maximum absolute atomic E-state index is 6.16. The van der Waals surface area contributed by atoms with Gasteiger partial charge in [0.05, 0.1) is 26.4 Å². The van der Waals surface area contributed by atoms with E-state index in [1.807, 2.05) is 0 Å². The molecule has 0 unspecified atom stereocenters. The fraction of sp³-hybridized carbons (Fsp3) is 0.778. The third-order valence-electron chi connectivity index (χ3n) is 1.72. The van der Waals surface area contributed by atoms with Crippen LogP contribution in [0.1, 0.15) is 0 Å². The summed E-state index contributed by atoms with van der Waals surface area (Å²) in [6.45, 7) is 13.7. The molecule has 0 aliphatic rings. The van der Waals surface area contributed by atoms with Crippen LogP contribution in [0.5, 0.6) is 0 Å². The summed E-state index contributed by atoms with van der Waals surface area (Å²) in [4.78, 5) is 0. The first-order valence-electron chi connectivity index (χ1n) is 4.71. The van der Waals surface area contributed by atoms with E-state index in [2.05, 4.69) is 55.2 Å². The van der Waals surface area contributed by atoms with Crippen molar-refractivity contribution in [2.75, 3.05) is 0 Å². The van der Waals surface area contributed by atoms with Gasteiger partial charge in [-0.15, -0.1) is 23.2 Å². The summed E-state index contributed by atoms with van der Waals surface area (Å²) in [7, 11) is 0.691. The van der Waals surface area contributed by atoms with E-state index < -0.39 is 20.1 Å². The Morgan fingerprint density at radius 1 is 1.07 bits per heavy atom. The SMILES string of the molecule is C[Si](C)(C)/C=C(\C([Si])(Cl)Cl)[Si](C)(C)C. The van der Waals surface area contributed by atoms with Crippen LogP contribution < -0.4 is 0 Å². The molecule has 81 valence electrons. The molecule has 5 heteroatoms. The lowest BCUT2D eigenvalue weighted by Gasteiger charge is -2.31. The Morgan fingerprint density at radius 3 is 1.50 bits per heavy atom. The lowest BCUT2D eigenvalue weighted by molar-refractivity contribution is 1.35. The number of hydrogen-bond donors (Lipinski definition) is 0. The highest BCUT2D eigenvalue weighted by Gasteiger charge is 2.34. The predicted octanol–water partition coefficient (Wildman–Crippen LogP) is 3.97. The number of halogens is 2. The monoisotopic (exact) mass is 281 g/mol. The van der Waals surface area contributed by atoms with Crippen LogP contribution >= 0.6 is 23.2 Å². The zero-order valence-corrected chi connectivity index (χ0v) is 14.3. The van der Waals surface area contributed by atoms with Crippen molar-refractivity contribution in [1.29, 1.82) is 0 Å². The van der Waals surface area contributed by atoms with E-state index in [-0.39, 0.29) is 0 Å². The molecule has 0 saturated heterocycles. The number of allylic oxidation sites excluding steroid dienone is 1. The third kappa shape index (κ3) is 5.76. The Bertz CT molecular complexity index is 212. The predicted molar refractivity (Wildman–Crippen MR) is 75.0 cm³/mol. The van der Waals surface area contributed by atoms with Crippen LogP contribution in [0.2, 0.25) is 39.3 Å². The summed E-state index contributed by atoms with van der Waals surface area (Å²) in [5, 5.41) is 1.20. The molecule has 3 radical (unpaired) electrons. The molecule has 0 atom stereocenters. The topological polar surface area (TPSA) is 0 Å². The molecule has 0 saturated carbocycles. The minimum atomic E-state index is -1.45. The normalized spacial score (nSPS) is 15.9. The summed E-state index contributed by atoms with van der Waals surface area (Å²) in [6.07, 6.45) is 0. The Hall–Kier alpha value is 0.971. The Kier molecular flexibility index (Phi) is 4.76. The summed E-state index contributed by atoms with van der Waals surface area (Å²) in [6, 6.07) is 0. The Labute approximate surface area is 104 Å². The van der Waals surface area contributed by atoms with E-state index in [0.29, 0.717) is 0 Å². The van der Waals surface area contributed by atoms with Gasteiger partial charge in [0.25, 0.3) is 0 Å². The van der Waals surface area contributed by atoms with Crippen molar-refractivity contribution in [3.8, 4) is 0 Å². The molecule has 0 aromatic carbocycles. The van der Waals surface area contributed by atoms with Crippen LogP contribution in [-0.4, -0.2) is 30.3 Å². The minimum Gasteiger partial charge on any atom is -0.102 e. The third-order valence-corrected chi connectivity index (χ3v) is 6.55. The molecule has 0 heterocycles. The molecule has 0 aromatic rings. The molecule has 0 fully saturated rings. The minimum absolute atomic E-state index is 0.884. The van der Waals surface area contributed by atoms with Gasteiger partial charge in [-0.05, 0) is 0 Å². The largest absolute Gasteiger partial charge is 0.116 e. The van der Waals surface area contributed by atoms with Gasteiger partial charge in [0.1, 0.15) is 3.96 Å². The molecular formula is C9H19Cl2Si3. The maximum Gasteiger partial charge on any atom is 0.116 e. The van der Waals surface area contributed by atoms with Gasteiger partial charge in [0.15, 0.2) is 0 Å². The number of alkyl halides is 2. The number of hydrogen-bond acceptors (Lipinski definition) is 0. The van der Waals surface area contributed by atoms with Gasteiger partial charge in [0, 0.05) is 0 Å². The first-order valence-corrected chi connectivity index (χ1v) is 13.0. The Balaban J connectivity index is 5.26. The number of rotatable bonds is 3. The van der Waals surface area contributed by atoms with Crippen molar-refractivity contribution >= 4 is 49.6 Å². The van der Waals surface area contributed by atoms with Crippen LogP contribution in [0.4, 0.5) is 0 Å². The van der Waals surface area contributed by atoms with E-state index >= 15 is 0 Å². The average Bonchev–Trinajstić information content (AvgIpc) is 1.75. The van der Waals surface area contributed by atoms with Gasteiger partial charge >= 0.3 is 0 Å². The second kappa shape index (κ2) is 4.45. The van der Waals surface area contributed by atoms with Crippen molar-refractivity contribution in [3.05, 3.63) is 10.9 Å². The molecular weight excluding hydrogens is 263 g/mol. The summed E-state index contributed by atoms with van der Waals surface area (Å²) >= 11 is 12.3. The fourth-order valence-corrected chi connectivity index (χ4v) is 9.60. The molecule has 0 N–H and O–H groups in total. The standard InChI is InChI=1S/C9H19Cl2Si3/c1-13(2,3)7-8(9(10,11)12)14(4,5)6/h7H,1-6H3/b8-7+. The van der Waals surface area contributed by atoms with E-state index in [9.17, 15) is 0 Å². The molecule has 14 heavy (non-hydrogen) atoms. The molecule has 0 aromatic heterocycles. The second-order valence-corrected chi connectivity index (χ2v) is 18.5. The van der Waals surface area contributed by atoms with Gasteiger partial charge in [0.2, 0.25) is 0 Å². The lowest BCUT2D eigenvalue weighted by Crippen LogP contribution is -2.38. The zero-order valence-electron chi connectivity index (χ0n) is 9.83. The van der Waals surface area contributed by atoms with Gasteiger partial charge in [-0.2, -0.15) is 0 Å². The second-order valence-electron chi connectivity index (χ2n) is 5.75. The maximum atomic E-state index is 6.16. The van der Waals surface area contributed by atoms with Gasteiger partial charge in [-0.25, -0.2) is 0 Å². The average molecular weight is 282 g/mol. The van der Waals surface area contributed by atoms with Crippen molar-refractivity contribution < 1.29 is 0 Å². The highest BCUT2D eigenvalue weighted by atomic mass is 35.5. The molecule has 0 amide bonds. The van der Waals surface area contributed by atoms with E-state index in [1.54, 1.807) is 0 Å².